The Morgan fingerprint density at radius 2 is 1.95 bits per heavy atom. The van der Waals surface area contributed by atoms with E-state index in [9.17, 15) is 0 Å². The van der Waals surface area contributed by atoms with E-state index < -0.39 is 0 Å². The second-order valence-electron chi connectivity index (χ2n) is 4.80. The highest BCUT2D eigenvalue weighted by molar-refractivity contribution is 7.99. The number of hydrogen-bond acceptors (Lipinski definition) is 4. The first-order valence-corrected chi connectivity index (χ1v) is 7.89. The molecule has 3 aromatic rings. The average Bonchev–Trinajstić information content (AvgIpc) is 2.93. The first kappa shape index (κ1) is 14.1. The number of aromatic nitrogens is 3. The molecule has 4 nitrogen and oxygen atoms in total. The normalized spacial score (nSPS) is 12.7. The monoisotopic (exact) mass is 298 g/mol. The van der Waals surface area contributed by atoms with Crippen molar-refractivity contribution < 1.29 is 0 Å². The lowest BCUT2D eigenvalue weighted by Crippen LogP contribution is -2.15. The van der Waals surface area contributed by atoms with Gasteiger partial charge in [0.15, 0.2) is 10.8 Å². The van der Waals surface area contributed by atoms with Crippen LogP contribution in [0.2, 0.25) is 0 Å². The van der Waals surface area contributed by atoms with Crippen LogP contribution in [0.4, 0.5) is 0 Å². The summed E-state index contributed by atoms with van der Waals surface area (Å²) < 4.78 is 2.02. The third-order valence-corrected chi connectivity index (χ3v) is 4.59. The number of hydrogen-bond donors (Lipinski definition) is 1. The molecule has 1 unspecified atom stereocenters. The molecule has 0 bridgehead atoms. The number of nitrogens with zero attached hydrogens (tertiary/aromatic N) is 3. The van der Waals surface area contributed by atoms with E-state index in [1.807, 2.05) is 35.8 Å². The summed E-state index contributed by atoms with van der Waals surface area (Å²) in [7, 11) is 2.00. The molecule has 21 heavy (non-hydrogen) atoms. The second-order valence-corrected chi connectivity index (χ2v) is 5.81. The molecule has 2 heterocycles. The van der Waals surface area contributed by atoms with Gasteiger partial charge in [-0.3, -0.25) is 4.40 Å². The molecule has 0 aliphatic carbocycles. The quantitative estimate of drug-likeness (QED) is 0.782. The molecule has 2 aromatic heterocycles. The van der Waals surface area contributed by atoms with E-state index >= 15 is 0 Å². The van der Waals surface area contributed by atoms with E-state index in [0.29, 0.717) is 6.04 Å². The maximum absolute atomic E-state index is 4.30. The number of fused-ring (bicyclic) bond motifs is 1. The first-order valence-electron chi connectivity index (χ1n) is 7.07. The lowest BCUT2D eigenvalue weighted by molar-refractivity contribution is 0.568. The van der Waals surface area contributed by atoms with Crippen LogP contribution in [0.3, 0.4) is 0 Å². The van der Waals surface area contributed by atoms with E-state index in [1.54, 1.807) is 11.8 Å². The van der Waals surface area contributed by atoms with Crippen molar-refractivity contribution in [1.82, 2.24) is 19.9 Å². The van der Waals surface area contributed by atoms with Crippen LogP contribution in [-0.4, -0.2) is 21.6 Å². The molecule has 1 atom stereocenters. The van der Waals surface area contributed by atoms with Gasteiger partial charge in [-0.25, -0.2) is 0 Å². The van der Waals surface area contributed by atoms with Crippen molar-refractivity contribution in [3.05, 3.63) is 54.2 Å². The van der Waals surface area contributed by atoms with Crippen molar-refractivity contribution in [3.8, 4) is 0 Å². The average molecular weight is 298 g/mol. The van der Waals surface area contributed by atoms with Crippen LogP contribution in [0.15, 0.2) is 58.7 Å². The molecule has 1 aromatic carbocycles. The largest absolute Gasteiger partial charge is 0.313 e. The van der Waals surface area contributed by atoms with Crippen LogP contribution < -0.4 is 5.32 Å². The predicted octanol–water partition coefficient (Wildman–Crippen LogP) is 3.55. The number of nitrogens with one attached hydrogen (secondary N) is 1. The molecule has 0 saturated heterocycles. The minimum Gasteiger partial charge on any atom is -0.313 e. The Hall–Kier alpha value is -1.85. The molecular formula is C16H18N4S. The fraction of sp³-hybridized carbons (Fsp3) is 0.250. The fourth-order valence-electron chi connectivity index (χ4n) is 2.43. The maximum atomic E-state index is 4.30. The fourth-order valence-corrected chi connectivity index (χ4v) is 3.43. The van der Waals surface area contributed by atoms with Gasteiger partial charge in [-0.1, -0.05) is 31.2 Å². The summed E-state index contributed by atoms with van der Waals surface area (Å²) in [6, 6.07) is 14.8. The Labute approximate surface area is 128 Å². The van der Waals surface area contributed by atoms with Gasteiger partial charge in [0, 0.05) is 17.1 Å². The van der Waals surface area contributed by atoms with Crippen molar-refractivity contribution in [2.75, 3.05) is 7.05 Å². The van der Waals surface area contributed by atoms with E-state index in [1.165, 1.54) is 10.5 Å². The Kier molecular flexibility index (Phi) is 4.22. The minimum atomic E-state index is 0.355. The predicted molar refractivity (Wildman–Crippen MR) is 85.6 cm³/mol. The molecule has 0 spiro atoms. The third kappa shape index (κ3) is 2.80. The third-order valence-electron chi connectivity index (χ3n) is 3.53. The Morgan fingerprint density at radius 3 is 2.76 bits per heavy atom. The Balaban J connectivity index is 1.98. The summed E-state index contributed by atoms with van der Waals surface area (Å²) in [6.07, 6.45) is 3.05. The van der Waals surface area contributed by atoms with Gasteiger partial charge < -0.3 is 5.32 Å². The van der Waals surface area contributed by atoms with Gasteiger partial charge in [-0.05, 0) is 49.0 Å². The highest BCUT2D eigenvalue weighted by Gasteiger charge is 2.14. The molecule has 0 amide bonds. The zero-order chi connectivity index (χ0) is 14.7. The van der Waals surface area contributed by atoms with E-state index in [0.717, 1.165) is 17.2 Å². The smallest absolute Gasteiger partial charge is 0.200 e. The van der Waals surface area contributed by atoms with Gasteiger partial charge in [0.25, 0.3) is 0 Å². The van der Waals surface area contributed by atoms with Crippen molar-refractivity contribution >= 4 is 17.4 Å². The SMILES string of the molecule is CCC(NC)c1ccccc1Sc1nnc2ccccn12. The molecule has 108 valence electrons. The molecule has 3 rings (SSSR count). The first-order chi connectivity index (χ1) is 10.3. The van der Waals surface area contributed by atoms with Crippen LogP contribution in [0.25, 0.3) is 5.65 Å². The van der Waals surface area contributed by atoms with Crippen molar-refractivity contribution in [3.63, 3.8) is 0 Å². The molecule has 0 saturated carbocycles. The van der Waals surface area contributed by atoms with Crippen LogP contribution in [0, 0.1) is 0 Å². The number of benzene rings is 1. The molecule has 0 aliphatic rings. The van der Waals surface area contributed by atoms with Crippen molar-refractivity contribution in [2.24, 2.45) is 0 Å². The molecule has 0 fully saturated rings. The van der Waals surface area contributed by atoms with Crippen LogP contribution in [0.5, 0.6) is 0 Å². The van der Waals surface area contributed by atoms with Gasteiger partial charge in [-0.2, -0.15) is 0 Å². The summed E-state index contributed by atoms with van der Waals surface area (Å²) >= 11 is 1.66. The van der Waals surface area contributed by atoms with Crippen molar-refractivity contribution in [2.45, 2.75) is 29.4 Å². The zero-order valence-corrected chi connectivity index (χ0v) is 13.0. The van der Waals surface area contributed by atoms with Crippen LogP contribution >= 0.6 is 11.8 Å². The van der Waals surface area contributed by atoms with Crippen LogP contribution in [0.1, 0.15) is 24.9 Å². The topological polar surface area (TPSA) is 42.2 Å². The molecule has 0 radical (unpaired) electrons. The standard InChI is InChI=1S/C16H18N4S/c1-3-13(17-2)12-8-4-5-9-14(12)21-16-19-18-15-10-6-7-11-20(15)16/h4-11,13,17H,3H2,1-2H3. The Morgan fingerprint density at radius 1 is 1.14 bits per heavy atom. The molecule has 0 aliphatic heterocycles. The highest BCUT2D eigenvalue weighted by atomic mass is 32.2. The molecule has 1 N–H and O–H groups in total. The summed E-state index contributed by atoms with van der Waals surface area (Å²) in [5.74, 6) is 0. The Bertz CT molecular complexity index is 734. The van der Waals surface area contributed by atoms with Gasteiger partial charge in [0.1, 0.15) is 0 Å². The molecular weight excluding hydrogens is 280 g/mol. The lowest BCUT2D eigenvalue weighted by atomic mass is 10.1. The summed E-state index contributed by atoms with van der Waals surface area (Å²) in [5, 5.41) is 12.8. The zero-order valence-electron chi connectivity index (χ0n) is 12.2. The van der Waals surface area contributed by atoms with Gasteiger partial charge in [0.2, 0.25) is 0 Å². The van der Waals surface area contributed by atoms with E-state index in [4.69, 9.17) is 0 Å². The van der Waals surface area contributed by atoms with Gasteiger partial charge in [-0.15, -0.1) is 10.2 Å². The molecule has 5 heteroatoms. The maximum Gasteiger partial charge on any atom is 0.200 e. The lowest BCUT2D eigenvalue weighted by Gasteiger charge is -2.17. The minimum absolute atomic E-state index is 0.355. The van der Waals surface area contributed by atoms with Crippen LogP contribution in [-0.2, 0) is 0 Å². The number of pyridine rings is 1. The highest BCUT2D eigenvalue weighted by Crippen LogP contribution is 2.33. The van der Waals surface area contributed by atoms with Gasteiger partial charge >= 0.3 is 0 Å². The van der Waals surface area contributed by atoms with Gasteiger partial charge in [0.05, 0.1) is 0 Å². The second kappa shape index (κ2) is 6.28. The number of rotatable bonds is 5. The summed E-state index contributed by atoms with van der Waals surface area (Å²) in [6.45, 7) is 2.19. The van der Waals surface area contributed by atoms with Crippen molar-refractivity contribution in [1.29, 1.82) is 0 Å². The summed E-state index contributed by atoms with van der Waals surface area (Å²) in [5.41, 5.74) is 2.18. The summed E-state index contributed by atoms with van der Waals surface area (Å²) in [4.78, 5) is 1.22. The van der Waals surface area contributed by atoms with E-state index in [2.05, 4.69) is 46.7 Å². The van der Waals surface area contributed by atoms with E-state index in [-0.39, 0.29) is 0 Å².